The molecular formula is C32H33F3N2O6S. The molecule has 12 heteroatoms. The summed E-state index contributed by atoms with van der Waals surface area (Å²) < 4.78 is 57.2. The fraction of sp³-hybridized carbons (Fsp3) is 0.375. The van der Waals surface area contributed by atoms with Crippen molar-refractivity contribution in [2.75, 3.05) is 24.7 Å². The van der Waals surface area contributed by atoms with Crippen molar-refractivity contribution in [1.82, 2.24) is 4.90 Å². The van der Waals surface area contributed by atoms with E-state index in [0.29, 0.717) is 34.7 Å². The highest BCUT2D eigenvalue weighted by molar-refractivity contribution is 7.99. The zero-order chi connectivity index (χ0) is 31.3. The van der Waals surface area contributed by atoms with Crippen LogP contribution in [0.5, 0.6) is 5.75 Å². The van der Waals surface area contributed by atoms with E-state index in [2.05, 4.69) is 5.32 Å². The Kier molecular flexibility index (Phi) is 10.1. The molecule has 5 rings (SSSR count). The first-order chi connectivity index (χ1) is 21.2. The molecule has 4 atom stereocenters. The van der Waals surface area contributed by atoms with Crippen molar-refractivity contribution in [1.29, 1.82) is 0 Å². The number of aliphatic hydroxyl groups excluding tert-OH is 1. The van der Waals surface area contributed by atoms with E-state index in [1.807, 2.05) is 48.5 Å². The fourth-order valence-corrected chi connectivity index (χ4v) is 6.39. The highest BCUT2D eigenvalue weighted by Gasteiger charge is 2.47. The molecule has 2 N–H and O–H groups in total. The molecule has 2 fully saturated rings. The Morgan fingerprint density at radius 2 is 1.73 bits per heavy atom. The van der Waals surface area contributed by atoms with Crippen LogP contribution in [-0.4, -0.2) is 59.6 Å². The van der Waals surface area contributed by atoms with Gasteiger partial charge in [-0.25, -0.2) is 0 Å². The number of para-hydroxylation sites is 1. The van der Waals surface area contributed by atoms with Crippen LogP contribution in [0.1, 0.15) is 48.3 Å². The van der Waals surface area contributed by atoms with Crippen LogP contribution in [0.2, 0.25) is 0 Å². The molecule has 8 nitrogen and oxygen atoms in total. The van der Waals surface area contributed by atoms with Gasteiger partial charge in [-0.1, -0.05) is 48.5 Å². The van der Waals surface area contributed by atoms with E-state index in [1.54, 1.807) is 43.1 Å². The number of halogens is 3. The zero-order valence-corrected chi connectivity index (χ0v) is 24.8. The number of hydrogen-bond acceptors (Lipinski definition) is 7. The summed E-state index contributed by atoms with van der Waals surface area (Å²) in [5.74, 6) is -1.26. The van der Waals surface area contributed by atoms with E-state index >= 15 is 0 Å². The molecule has 2 amide bonds. The first-order valence-electron chi connectivity index (χ1n) is 14.2. The molecule has 2 heterocycles. The lowest BCUT2D eigenvalue weighted by Gasteiger charge is -2.36. The number of methoxy groups -OCH3 is 1. The molecule has 2 aliphatic heterocycles. The summed E-state index contributed by atoms with van der Waals surface area (Å²) in [5.41, 5.74) is 2.81. The van der Waals surface area contributed by atoms with Crippen LogP contribution in [0, 0.1) is 0 Å². The summed E-state index contributed by atoms with van der Waals surface area (Å²) in [6.07, 6.45) is -5.17. The highest BCUT2D eigenvalue weighted by Crippen LogP contribution is 2.40. The molecule has 2 aliphatic rings. The van der Waals surface area contributed by atoms with E-state index < -0.39 is 30.3 Å². The van der Waals surface area contributed by atoms with Crippen LogP contribution < -0.4 is 10.1 Å². The van der Waals surface area contributed by atoms with Gasteiger partial charge in [0.2, 0.25) is 5.91 Å². The number of likely N-dealkylation sites (tertiary alicyclic amines) is 1. The number of amides is 2. The van der Waals surface area contributed by atoms with Crippen LogP contribution in [0.25, 0.3) is 0 Å². The topological polar surface area (TPSA) is 97.3 Å². The molecule has 0 aromatic heterocycles. The van der Waals surface area contributed by atoms with Gasteiger partial charge in [-0.15, -0.1) is 11.8 Å². The molecule has 0 spiro atoms. The second-order valence-corrected chi connectivity index (χ2v) is 11.6. The van der Waals surface area contributed by atoms with Crippen molar-refractivity contribution in [2.24, 2.45) is 0 Å². The van der Waals surface area contributed by atoms with Gasteiger partial charge >= 0.3 is 12.1 Å². The van der Waals surface area contributed by atoms with Crippen molar-refractivity contribution < 1.29 is 42.1 Å². The molecule has 234 valence electrons. The Balaban J connectivity index is 1.29. The predicted octanol–water partition coefficient (Wildman–Crippen LogP) is 6.02. The Morgan fingerprint density at radius 3 is 2.41 bits per heavy atom. The quantitative estimate of drug-likeness (QED) is 0.279. The molecule has 0 radical (unpaired) electrons. The predicted molar refractivity (Wildman–Crippen MR) is 158 cm³/mol. The molecule has 2 saturated heterocycles. The standard InChI is InChI=1S/C32H33F3N2O6S/c1-41-26-6-2-3-7-28(26)44-19-24-17-27(21-10-8-20(18-38)9-11-21)43-30(42-24)22-12-14-23(15-13-22)36-29(39)25-5-4-16-37(25)31(40)32(33,34)35/h2-3,6-15,24-25,27,30,38H,4-5,16-19H2,1H3,(H,36,39)/t24-,25-,27+,30+/m0/s1. The third-order valence-corrected chi connectivity index (χ3v) is 8.80. The van der Waals surface area contributed by atoms with E-state index in [-0.39, 0.29) is 31.8 Å². The van der Waals surface area contributed by atoms with E-state index in [0.717, 1.165) is 21.8 Å². The number of carbonyl (C=O) groups excluding carboxylic acids is 2. The van der Waals surface area contributed by atoms with E-state index in [4.69, 9.17) is 14.2 Å². The van der Waals surface area contributed by atoms with Gasteiger partial charge in [-0.3, -0.25) is 9.59 Å². The molecule has 0 saturated carbocycles. The Morgan fingerprint density at radius 1 is 1.02 bits per heavy atom. The van der Waals surface area contributed by atoms with Crippen LogP contribution in [0.4, 0.5) is 18.9 Å². The minimum absolute atomic E-state index is 0.0595. The van der Waals surface area contributed by atoms with Gasteiger partial charge in [0, 0.05) is 34.9 Å². The first kappa shape index (κ1) is 31.8. The van der Waals surface area contributed by atoms with E-state index in [1.165, 1.54) is 0 Å². The number of nitrogens with zero attached hydrogens (tertiary/aromatic N) is 1. The first-order valence-corrected chi connectivity index (χ1v) is 15.2. The number of aliphatic hydroxyl groups is 1. The van der Waals surface area contributed by atoms with Gasteiger partial charge < -0.3 is 29.5 Å². The molecule has 0 unspecified atom stereocenters. The summed E-state index contributed by atoms with van der Waals surface area (Å²) in [7, 11) is 1.63. The maximum absolute atomic E-state index is 13.0. The highest BCUT2D eigenvalue weighted by atomic mass is 32.2. The SMILES string of the molecule is COc1ccccc1SC[C@@H]1C[C@H](c2ccc(CO)cc2)O[C@H](c2ccc(NC(=O)[C@@H]3CCCN3C(=O)C(F)(F)F)cc2)O1. The number of benzene rings is 3. The lowest BCUT2D eigenvalue weighted by atomic mass is 10.0. The Hall–Kier alpha value is -3.58. The number of nitrogens with one attached hydrogen (secondary N) is 1. The molecule has 3 aromatic carbocycles. The minimum atomic E-state index is -5.03. The van der Waals surface area contributed by atoms with Crippen LogP contribution in [0.3, 0.4) is 0 Å². The van der Waals surface area contributed by atoms with E-state index in [9.17, 15) is 27.9 Å². The third-order valence-electron chi connectivity index (χ3n) is 7.62. The summed E-state index contributed by atoms with van der Waals surface area (Å²) in [4.78, 5) is 26.2. The number of carbonyl (C=O) groups is 2. The molecule has 0 aliphatic carbocycles. The van der Waals surface area contributed by atoms with Gasteiger partial charge in [0.15, 0.2) is 6.29 Å². The maximum Gasteiger partial charge on any atom is 0.471 e. The minimum Gasteiger partial charge on any atom is -0.496 e. The van der Waals surface area contributed by atoms with Crippen LogP contribution >= 0.6 is 11.8 Å². The summed E-state index contributed by atoms with van der Waals surface area (Å²) in [6, 6.07) is 20.8. The third kappa shape index (κ3) is 7.55. The number of alkyl halides is 3. The Bertz CT molecular complexity index is 1440. The normalized spacial score (nSPS) is 22.1. The average molecular weight is 631 g/mol. The second kappa shape index (κ2) is 14.0. The van der Waals surface area contributed by atoms with Gasteiger partial charge in [0.1, 0.15) is 11.8 Å². The number of ether oxygens (including phenoxy) is 3. The Labute approximate surface area is 257 Å². The molecule has 3 aromatic rings. The lowest BCUT2D eigenvalue weighted by Crippen LogP contribution is -2.48. The fourth-order valence-electron chi connectivity index (χ4n) is 5.34. The smallest absolute Gasteiger partial charge is 0.471 e. The van der Waals surface area contributed by atoms with Crippen LogP contribution in [0.15, 0.2) is 77.7 Å². The maximum atomic E-state index is 13.0. The van der Waals surface area contributed by atoms with Gasteiger partial charge in [0.25, 0.3) is 0 Å². The largest absolute Gasteiger partial charge is 0.496 e. The van der Waals surface area contributed by atoms with Crippen molar-refractivity contribution in [3.8, 4) is 5.75 Å². The van der Waals surface area contributed by atoms with Gasteiger partial charge in [-0.2, -0.15) is 13.2 Å². The average Bonchev–Trinajstić information content (AvgIpc) is 3.53. The molecular weight excluding hydrogens is 597 g/mol. The second-order valence-electron chi connectivity index (χ2n) is 10.6. The molecule has 44 heavy (non-hydrogen) atoms. The summed E-state index contributed by atoms with van der Waals surface area (Å²) in [6.45, 7) is -0.178. The summed E-state index contributed by atoms with van der Waals surface area (Å²) >= 11 is 1.62. The lowest BCUT2D eigenvalue weighted by molar-refractivity contribution is -0.245. The number of rotatable bonds is 9. The number of hydrogen-bond donors (Lipinski definition) is 2. The van der Waals surface area contributed by atoms with Crippen molar-refractivity contribution in [3.63, 3.8) is 0 Å². The van der Waals surface area contributed by atoms with Crippen molar-refractivity contribution in [3.05, 3.63) is 89.5 Å². The van der Waals surface area contributed by atoms with Gasteiger partial charge in [-0.05, 0) is 48.2 Å². The van der Waals surface area contributed by atoms with Crippen molar-refractivity contribution >= 4 is 29.3 Å². The molecule has 0 bridgehead atoms. The summed E-state index contributed by atoms with van der Waals surface area (Å²) in [5, 5.41) is 12.1. The number of anilines is 1. The van der Waals surface area contributed by atoms with Crippen LogP contribution in [-0.2, 0) is 25.7 Å². The zero-order valence-electron chi connectivity index (χ0n) is 24.0. The van der Waals surface area contributed by atoms with Crippen molar-refractivity contribution in [2.45, 2.75) is 61.5 Å². The van der Waals surface area contributed by atoms with Gasteiger partial charge in [0.05, 0.1) is 25.9 Å². The monoisotopic (exact) mass is 630 g/mol. The number of thioether (sulfide) groups is 1.